The molecule has 0 amide bonds. The van der Waals surface area contributed by atoms with Gasteiger partial charge in [0.15, 0.2) is 0 Å². The largest absolute Gasteiger partial charge is 0.497 e. The summed E-state index contributed by atoms with van der Waals surface area (Å²) in [5.41, 5.74) is 1.70. The number of aryl methyl sites for hydroxylation is 1. The number of fused-ring (bicyclic) bond motifs is 1. The lowest BCUT2D eigenvalue weighted by molar-refractivity contribution is 0.415. The molecule has 0 unspecified atom stereocenters. The highest BCUT2D eigenvalue weighted by Crippen LogP contribution is 2.17. The van der Waals surface area contributed by atoms with Crippen LogP contribution in [0.2, 0.25) is 0 Å². The Bertz CT molecular complexity index is 525. The zero-order valence-corrected chi connectivity index (χ0v) is 8.91. The first-order valence-corrected chi connectivity index (χ1v) is 5.03. The molecule has 2 aromatic rings. The Hall–Kier alpha value is -1.71. The Labute approximate surface area is 87.5 Å². The van der Waals surface area contributed by atoms with Gasteiger partial charge in [0.25, 0.3) is 0 Å². The maximum Gasteiger partial charge on any atom is 0.326 e. The summed E-state index contributed by atoms with van der Waals surface area (Å²) in [6.45, 7) is 2.79. The normalized spacial score (nSPS) is 10.8. The van der Waals surface area contributed by atoms with Crippen LogP contribution in [0.25, 0.3) is 11.0 Å². The molecule has 2 rings (SSSR count). The molecule has 15 heavy (non-hydrogen) atoms. The van der Waals surface area contributed by atoms with Gasteiger partial charge >= 0.3 is 5.69 Å². The number of hydrogen-bond donors (Lipinski definition) is 1. The number of nitrogens with one attached hydrogen (secondary N) is 1. The van der Waals surface area contributed by atoms with E-state index in [1.807, 2.05) is 18.2 Å². The summed E-state index contributed by atoms with van der Waals surface area (Å²) in [6.07, 6.45) is 0.943. The van der Waals surface area contributed by atoms with E-state index in [0.717, 1.165) is 29.7 Å². The topological polar surface area (TPSA) is 47.0 Å². The Morgan fingerprint density at radius 2 is 2.27 bits per heavy atom. The second kappa shape index (κ2) is 3.81. The Morgan fingerprint density at radius 3 is 2.93 bits per heavy atom. The third-order valence-corrected chi connectivity index (χ3v) is 2.43. The molecule has 0 fully saturated rings. The second-order valence-corrected chi connectivity index (χ2v) is 3.46. The number of imidazole rings is 1. The van der Waals surface area contributed by atoms with Gasteiger partial charge in [-0.25, -0.2) is 4.79 Å². The van der Waals surface area contributed by atoms with Crippen molar-refractivity contribution in [3.8, 4) is 5.75 Å². The van der Waals surface area contributed by atoms with Crippen LogP contribution in [0.15, 0.2) is 23.0 Å². The zero-order valence-electron chi connectivity index (χ0n) is 8.91. The molecule has 0 aliphatic heterocycles. The highest BCUT2D eigenvalue weighted by Gasteiger charge is 2.05. The summed E-state index contributed by atoms with van der Waals surface area (Å²) in [5.74, 6) is 0.757. The predicted octanol–water partition coefficient (Wildman–Crippen LogP) is 1.75. The first kappa shape index (κ1) is 9.83. The van der Waals surface area contributed by atoms with Crippen LogP contribution in [-0.4, -0.2) is 16.7 Å². The molecule has 80 valence electrons. The van der Waals surface area contributed by atoms with Crippen molar-refractivity contribution in [2.24, 2.45) is 0 Å². The third kappa shape index (κ3) is 1.63. The standard InChI is InChI=1S/C11H14N2O2/c1-3-6-13-10-5-4-8(15-2)7-9(10)12-11(13)14/h4-5,7H,3,6H2,1-2H3,(H,12,14). The predicted molar refractivity (Wildman–Crippen MR) is 59.4 cm³/mol. The van der Waals surface area contributed by atoms with Crippen LogP contribution in [0.3, 0.4) is 0 Å². The average Bonchev–Trinajstić information content (AvgIpc) is 2.55. The molecule has 1 aromatic heterocycles. The van der Waals surface area contributed by atoms with Gasteiger partial charge in [-0.15, -0.1) is 0 Å². The van der Waals surface area contributed by atoms with E-state index in [1.165, 1.54) is 0 Å². The number of hydrogen-bond acceptors (Lipinski definition) is 2. The van der Waals surface area contributed by atoms with E-state index in [9.17, 15) is 4.79 Å². The smallest absolute Gasteiger partial charge is 0.326 e. The fourth-order valence-corrected chi connectivity index (χ4v) is 1.72. The van der Waals surface area contributed by atoms with Gasteiger partial charge in [0.2, 0.25) is 0 Å². The molecule has 0 aliphatic rings. The first-order valence-electron chi connectivity index (χ1n) is 5.03. The summed E-state index contributed by atoms with van der Waals surface area (Å²) in [6, 6.07) is 5.60. The molecule has 0 radical (unpaired) electrons. The maximum absolute atomic E-state index is 11.6. The minimum absolute atomic E-state index is 0.0555. The van der Waals surface area contributed by atoms with E-state index in [-0.39, 0.29) is 5.69 Å². The summed E-state index contributed by atoms with van der Waals surface area (Å²) < 4.78 is 6.84. The summed E-state index contributed by atoms with van der Waals surface area (Å²) in [7, 11) is 1.61. The molecular weight excluding hydrogens is 192 g/mol. The van der Waals surface area contributed by atoms with Gasteiger partial charge in [-0.2, -0.15) is 0 Å². The van der Waals surface area contributed by atoms with E-state index in [4.69, 9.17) is 4.74 Å². The summed E-state index contributed by atoms with van der Waals surface area (Å²) in [5, 5.41) is 0. The van der Waals surface area contributed by atoms with Crippen LogP contribution >= 0.6 is 0 Å². The number of ether oxygens (including phenoxy) is 1. The van der Waals surface area contributed by atoms with Gasteiger partial charge in [-0.05, 0) is 18.6 Å². The lowest BCUT2D eigenvalue weighted by Crippen LogP contribution is -2.16. The van der Waals surface area contributed by atoms with E-state index < -0.39 is 0 Å². The van der Waals surface area contributed by atoms with Gasteiger partial charge in [0, 0.05) is 12.6 Å². The number of aromatic nitrogens is 2. The number of rotatable bonds is 3. The highest BCUT2D eigenvalue weighted by atomic mass is 16.5. The number of H-pyrrole nitrogens is 1. The molecule has 0 aliphatic carbocycles. The van der Waals surface area contributed by atoms with Crippen molar-refractivity contribution >= 4 is 11.0 Å². The van der Waals surface area contributed by atoms with Gasteiger partial charge < -0.3 is 9.72 Å². The van der Waals surface area contributed by atoms with Crippen LogP contribution in [0.5, 0.6) is 5.75 Å². The van der Waals surface area contributed by atoms with E-state index in [1.54, 1.807) is 11.7 Å². The Kier molecular flexibility index (Phi) is 2.49. The molecule has 4 nitrogen and oxygen atoms in total. The van der Waals surface area contributed by atoms with Crippen molar-refractivity contribution < 1.29 is 4.74 Å². The third-order valence-electron chi connectivity index (χ3n) is 2.43. The summed E-state index contributed by atoms with van der Waals surface area (Å²) >= 11 is 0. The van der Waals surface area contributed by atoms with Crippen molar-refractivity contribution in [2.45, 2.75) is 19.9 Å². The monoisotopic (exact) mass is 206 g/mol. The van der Waals surface area contributed by atoms with Crippen LogP contribution < -0.4 is 10.4 Å². The first-order chi connectivity index (χ1) is 7.26. The number of benzene rings is 1. The molecule has 0 saturated carbocycles. The minimum atomic E-state index is -0.0555. The van der Waals surface area contributed by atoms with E-state index >= 15 is 0 Å². The number of nitrogens with zero attached hydrogens (tertiary/aromatic N) is 1. The van der Waals surface area contributed by atoms with Gasteiger partial charge in [0.05, 0.1) is 18.1 Å². The molecule has 4 heteroatoms. The fraction of sp³-hybridized carbons (Fsp3) is 0.364. The summed E-state index contributed by atoms with van der Waals surface area (Å²) in [4.78, 5) is 14.4. The van der Waals surface area contributed by atoms with Crippen molar-refractivity contribution in [2.75, 3.05) is 7.11 Å². The van der Waals surface area contributed by atoms with Crippen molar-refractivity contribution in [1.82, 2.24) is 9.55 Å². The lowest BCUT2D eigenvalue weighted by atomic mass is 10.3. The highest BCUT2D eigenvalue weighted by molar-refractivity contribution is 5.76. The number of aromatic amines is 1. The SMILES string of the molecule is CCCn1c(=O)[nH]c2cc(OC)ccc21. The number of methoxy groups -OCH3 is 1. The van der Waals surface area contributed by atoms with Gasteiger partial charge in [-0.1, -0.05) is 6.92 Å². The van der Waals surface area contributed by atoms with E-state index in [0.29, 0.717) is 0 Å². The van der Waals surface area contributed by atoms with Crippen LogP contribution in [0.4, 0.5) is 0 Å². The van der Waals surface area contributed by atoms with Gasteiger partial charge in [0.1, 0.15) is 5.75 Å². The molecule has 1 aromatic carbocycles. The Morgan fingerprint density at radius 1 is 1.47 bits per heavy atom. The lowest BCUT2D eigenvalue weighted by Gasteiger charge is -2.01. The van der Waals surface area contributed by atoms with Crippen LogP contribution in [0.1, 0.15) is 13.3 Å². The second-order valence-electron chi connectivity index (χ2n) is 3.46. The zero-order chi connectivity index (χ0) is 10.8. The van der Waals surface area contributed by atoms with Crippen molar-refractivity contribution in [1.29, 1.82) is 0 Å². The minimum Gasteiger partial charge on any atom is -0.497 e. The van der Waals surface area contributed by atoms with Crippen LogP contribution in [-0.2, 0) is 6.54 Å². The van der Waals surface area contributed by atoms with Crippen LogP contribution in [0, 0.1) is 0 Å². The van der Waals surface area contributed by atoms with E-state index in [2.05, 4.69) is 11.9 Å². The Balaban J connectivity index is 2.63. The average molecular weight is 206 g/mol. The maximum atomic E-state index is 11.6. The molecular formula is C11H14N2O2. The molecule has 0 bridgehead atoms. The molecule has 1 heterocycles. The molecule has 0 atom stereocenters. The quantitative estimate of drug-likeness (QED) is 0.831. The van der Waals surface area contributed by atoms with Crippen molar-refractivity contribution in [3.63, 3.8) is 0 Å². The van der Waals surface area contributed by atoms with Crippen molar-refractivity contribution in [3.05, 3.63) is 28.7 Å². The van der Waals surface area contributed by atoms with Gasteiger partial charge in [-0.3, -0.25) is 4.57 Å². The fourth-order valence-electron chi connectivity index (χ4n) is 1.72. The molecule has 0 saturated heterocycles. The molecule has 0 spiro atoms. The molecule has 1 N–H and O–H groups in total.